The van der Waals surface area contributed by atoms with Crippen molar-refractivity contribution in [2.75, 3.05) is 39.6 Å². The van der Waals surface area contributed by atoms with Gasteiger partial charge in [0.15, 0.2) is 12.2 Å². The lowest BCUT2D eigenvalue weighted by molar-refractivity contribution is -0.161. The molecule has 17 nitrogen and oxygen atoms in total. The number of phosphoric acid groups is 2. The van der Waals surface area contributed by atoms with Gasteiger partial charge in [-0.1, -0.05) is 273 Å². The number of hydrogen-bond donors (Lipinski definition) is 3. The lowest BCUT2D eigenvalue weighted by atomic mass is 10.0. The van der Waals surface area contributed by atoms with Crippen LogP contribution < -0.4 is 0 Å². The second kappa shape index (κ2) is 57.2. The Kier molecular flexibility index (Phi) is 55.9. The van der Waals surface area contributed by atoms with Crippen LogP contribution in [0.4, 0.5) is 0 Å². The number of esters is 4. The second-order valence-electron chi connectivity index (χ2n) is 25.3. The Morgan fingerprint density at radius 2 is 0.541 bits per heavy atom. The minimum Gasteiger partial charge on any atom is -0.462 e. The van der Waals surface area contributed by atoms with Gasteiger partial charge in [0.1, 0.15) is 19.3 Å². The molecule has 504 valence electrons. The van der Waals surface area contributed by atoms with Gasteiger partial charge in [-0.15, -0.1) is 0 Å². The summed E-state index contributed by atoms with van der Waals surface area (Å²) in [7, 11) is -9.89. The SMILES string of the molecule is CCCCCCCCCCCCC(=O)O[C@H](COC(=O)CCCCCCCCC(C)C)COP(=O)(O)OC[C@H](O)COP(=O)(O)OC[C@@H](COC(=O)CCCCCCCCCCC(C)C)OC(=O)CCCCCCCCCCCCCCC(C)C. The number of ether oxygens (including phenoxy) is 4. The van der Waals surface area contributed by atoms with Gasteiger partial charge in [-0.2, -0.15) is 0 Å². The maximum Gasteiger partial charge on any atom is 0.472 e. The van der Waals surface area contributed by atoms with E-state index in [0.717, 1.165) is 108 Å². The first-order chi connectivity index (χ1) is 40.7. The molecule has 85 heavy (non-hydrogen) atoms. The molecule has 0 aliphatic heterocycles. The Morgan fingerprint density at radius 3 is 0.800 bits per heavy atom. The van der Waals surface area contributed by atoms with Crippen LogP contribution in [0.1, 0.15) is 325 Å². The lowest BCUT2D eigenvalue weighted by Gasteiger charge is -2.21. The maximum absolute atomic E-state index is 13.0. The first-order valence-electron chi connectivity index (χ1n) is 34.3. The van der Waals surface area contributed by atoms with Crippen LogP contribution in [-0.4, -0.2) is 96.7 Å². The average molecular weight is 1260 g/mol. The summed E-state index contributed by atoms with van der Waals surface area (Å²) in [5, 5.41) is 10.5. The molecule has 2 unspecified atom stereocenters. The highest BCUT2D eigenvalue weighted by Crippen LogP contribution is 2.45. The van der Waals surface area contributed by atoms with Gasteiger partial charge in [-0.05, 0) is 43.4 Å². The van der Waals surface area contributed by atoms with E-state index in [1.807, 2.05) is 0 Å². The number of aliphatic hydroxyl groups is 1. The number of carbonyl (C=O) groups is 4. The third-order valence-corrected chi connectivity index (χ3v) is 17.0. The van der Waals surface area contributed by atoms with E-state index in [4.69, 9.17) is 37.0 Å². The summed E-state index contributed by atoms with van der Waals surface area (Å²) in [6.45, 7) is 11.7. The molecule has 0 aromatic heterocycles. The van der Waals surface area contributed by atoms with Crippen LogP contribution in [0.2, 0.25) is 0 Å². The largest absolute Gasteiger partial charge is 0.472 e. The Morgan fingerprint density at radius 1 is 0.318 bits per heavy atom. The zero-order chi connectivity index (χ0) is 63.1. The van der Waals surface area contributed by atoms with Gasteiger partial charge in [0.2, 0.25) is 0 Å². The van der Waals surface area contributed by atoms with Crippen LogP contribution >= 0.6 is 15.6 Å². The predicted octanol–water partition coefficient (Wildman–Crippen LogP) is 18.3. The molecule has 3 N–H and O–H groups in total. The molecule has 5 atom stereocenters. The van der Waals surface area contributed by atoms with Gasteiger partial charge in [0, 0.05) is 25.7 Å². The van der Waals surface area contributed by atoms with Gasteiger partial charge in [-0.3, -0.25) is 37.3 Å². The fourth-order valence-electron chi connectivity index (χ4n) is 9.83. The fourth-order valence-corrected chi connectivity index (χ4v) is 11.4. The smallest absolute Gasteiger partial charge is 0.462 e. The monoisotopic (exact) mass is 1250 g/mol. The minimum atomic E-state index is -4.95. The molecule has 0 saturated carbocycles. The van der Waals surface area contributed by atoms with Crippen molar-refractivity contribution in [3.63, 3.8) is 0 Å². The third kappa shape index (κ3) is 60.7. The first-order valence-corrected chi connectivity index (χ1v) is 37.3. The maximum atomic E-state index is 13.0. The molecule has 0 radical (unpaired) electrons. The highest BCUT2D eigenvalue weighted by molar-refractivity contribution is 7.47. The molecule has 0 bridgehead atoms. The molecular weight excluding hydrogens is 1130 g/mol. The van der Waals surface area contributed by atoms with Crippen LogP contribution in [0.3, 0.4) is 0 Å². The molecule has 19 heteroatoms. The van der Waals surface area contributed by atoms with E-state index in [1.165, 1.54) is 128 Å². The van der Waals surface area contributed by atoms with Crippen molar-refractivity contribution in [1.82, 2.24) is 0 Å². The highest BCUT2D eigenvalue weighted by Gasteiger charge is 2.30. The van der Waals surface area contributed by atoms with Crippen molar-refractivity contribution < 1.29 is 80.2 Å². The summed E-state index contributed by atoms with van der Waals surface area (Å²) >= 11 is 0. The van der Waals surface area contributed by atoms with Crippen LogP contribution in [-0.2, 0) is 65.4 Å². The van der Waals surface area contributed by atoms with Crippen molar-refractivity contribution in [2.45, 2.75) is 343 Å². The van der Waals surface area contributed by atoms with Crippen molar-refractivity contribution in [3.8, 4) is 0 Å². The van der Waals surface area contributed by atoms with Gasteiger partial charge in [-0.25, -0.2) is 9.13 Å². The van der Waals surface area contributed by atoms with Gasteiger partial charge < -0.3 is 33.8 Å². The molecule has 0 aromatic rings. The van der Waals surface area contributed by atoms with Crippen LogP contribution in [0.5, 0.6) is 0 Å². The molecular formula is C66H128O17P2. The number of unbranched alkanes of at least 4 members (excludes halogenated alkanes) is 32. The molecule has 0 heterocycles. The zero-order valence-corrected chi connectivity index (χ0v) is 56.9. The summed E-state index contributed by atoms with van der Waals surface area (Å²) in [6.07, 6.45) is 39.1. The summed E-state index contributed by atoms with van der Waals surface area (Å²) in [6, 6.07) is 0. The van der Waals surface area contributed by atoms with E-state index < -0.39 is 97.5 Å². The molecule has 0 fully saturated rings. The topological polar surface area (TPSA) is 237 Å². The number of rotatable bonds is 64. The summed E-state index contributed by atoms with van der Waals surface area (Å²) in [5.41, 5.74) is 0. The Balaban J connectivity index is 5.23. The molecule has 0 rings (SSSR count). The Bertz CT molecular complexity index is 1680. The molecule has 0 amide bonds. The molecule has 0 saturated heterocycles. The van der Waals surface area contributed by atoms with Gasteiger partial charge in [0.05, 0.1) is 26.4 Å². The average Bonchev–Trinajstić information content (AvgIpc) is 3.54. The Hall–Kier alpha value is -1.94. The summed E-state index contributed by atoms with van der Waals surface area (Å²) < 4.78 is 68.0. The van der Waals surface area contributed by atoms with Gasteiger partial charge >= 0.3 is 39.5 Å². The quantitative estimate of drug-likeness (QED) is 0.0222. The highest BCUT2D eigenvalue weighted by atomic mass is 31.2. The lowest BCUT2D eigenvalue weighted by Crippen LogP contribution is -2.30. The number of phosphoric ester groups is 2. The number of aliphatic hydroxyl groups excluding tert-OH is 1. The normalized spacial score (nSPS) is 14.3. The second-order valence-corrected chi connectivity index (χ2v) is 28.2. The summed E-state index contributed by atoms with van der Waals surface area (Å²) in [5.74, 6) is 0.0484. The van der Waals surface area contributed by atoms with E-state index in [0.29, 0.717) is 31.6 Å². The van der Waals surface area contributed by atoms with E-state index in [1.54, 1.807) is 0 Å². The zero-order valence-electron chi connectivity index (χ0n) is 55.1. The summed E-state index contributed by atoms with van der Waals surface area (Å²) in [4.78, 5) is 72.3. The fraction of sp³-hybridized carbons (Fsp3) is 0.939. The van der Waals surface area contributed by atoms with Crippen LogP contribution in [0.25, 0.3) is 0 Å². The molecule has 0 spiro atoms. The Labute approximate surface area is 517 Å². The minimum absolute atomic E-state index is 0.105. The predicted molar refractivity (Wildman–Crippen MR) is 340 cm³/mol. The molecule has 0 aromatic carbocycles. The van der Waals surface area contributed by atoms with Crippen molar-refractivity contribution in [2.24, 2.45) is 17.8 Å². The third-order valence-electron chi connectivity index (χ3n) is 15.1. The molecule has 0 aliphatic rings. The van der Waals surface area contributed by atoms with E-state index >= 15 is 0 Å². The van der Waals surface area contributed by atoms with E-state index in [-0.39, 0.29) is 25.7 Å². The standard InChI is InChI=1S/C66H128O17P2/c1-8-9-10-11-12-13-19-26-35-42-49-65(70)83-62(54-77-64(69)48-41-34-29-28-32-39-46-59(6)7)56-81-85(74,75)79-52-60(67)51-78-84(72,73)80-55-61(53-76-63(68)47-40-33-25-22-21-24-31-38-45-58(4)5)82-66(71)50-43-36-27-20-17-15-14-16-18-23-30-37-44-57(2)3/h57-62,67H,8-56H2,1-7H3,(H,72,73)(H,74,75)/t60-,61-,62-/m1/s1. The van der Waals surface area contributed by atoms with Crippen LogP contribution in [0.15, 0.2) is 0 Å². The number of carbonyl (C=O) groups excluding carboxylic acids is 4. The van der Waals surface area contributed by atoms with Crippen molar-refractivity contribution in [1.29, 1.82) is 0 Å². The van der Waals surface area contributed by atoms with Crippen LogP contribution in [0, 0.1) is 17.8 Å². The first kappa shape index (κ1) is 83.1. The van der Waals surface area contributed by atoms with Crippen molar-refractivity contribution in [3.05, 3.63) is 0 Å². The molecule has 0 aliphatic carbocycles. The van der Waals surface area contributed by atoms with E-state index in [9.17, 15) is 43.2 Å². The van der Waals surface area contributed by atoms with Gasteiger partial charge in [0.25, 0.3) is 0 Å². The number of hydrogen-bond acceptors (Lipinski definition) is 15. The van der Waals surface area contributed by atoms with E-state index in [2.05, 4.69) is 48.5 Å². The van der Waals surface area contributed by atoms with Crippen molar-refractivity contribution >= 4 is 39.5 Å².